The molecule has 0 amide bonds. The maximum atomic E-state index is 12.5. The Bertz CT molecular complexity index is 592. The molecule has 1 aromatic carbocycles. The number of terminal acetylenes is 1. The van der Waals surface area contributed by atoms with E-state index in [0.717, 1.165) is 5.56 Å². The van der Waals surface area contributed by atoms with Crippen molar-refractivity contribution in [2.45, 2.75) is 25.7 Å². The molecule has 0 heterocycles. The number of nitrogens with zero attached hydrogens (tertiary/aromatic N) is 1. The Labute approximate surface area is 122 Å². The molecule has 3 nitrogen and oxygen atoms in total. The Morgan fingerprint density at radius 1 is 1.30 bits per heavy atom. The lowest BCUT2D eigenvalue weighted by Gasteiger charge is -2.18. The van der Waals surface area contributed by atoms with Crippen molar-refractivity contribution < 1.29 is 8.42 Å². The van der Waals surface area contributed by atoms with Crippen molar-refractivity contribution in [2.75, 3.05) is 13.1 Å². The normalized spacial score (nSPS) is 12.2. The number of rotatable bonds is 6. The van der Waals surface area contributed by atoms with E-state index < -0.39 is 10.0 Å². The van der Waals surface area contributed by atoms with Crippen LogP contribution in [0, 0.1) is 25.2 Å². The van der Waals surface area contributed by atoms with Crippen molar-refractivity contribution in [3.8, 4) is 12.3 Å². The predicted octanol–water partition coefficient (Wildman–Crippen LogP) is 2.83. The molecule has 0 saturated heterocycles. The van der Waals surface area contributed by atoms with Crippen LogP contribution in [0.1, 0.15) is 19.4 Å². The monoisotopic (exact) mass is 291 g/mol. The lowest BCUT2D eigenvalue weighted by Crippen LogP contribution is -2.31. The second kappa shape index (κ2) is 7.28. The van der Waals surface area contributed by atoms with Gasteiger partial charge in [0, 0.05) is 6.54 Å². The molecule has 4 heteroatoms. The zero-order valence-corrected chi connectivity index (χ0v) is 13.0. The van der Waals surface area contributed by atoms with E-state index in [0.29, 0.717) is 12.5 Å². The molecule has 0 aliphatic heterocycles. The Morgan fingerprint density at radius 3 is 2.40 bits per heavy atom. The van der Waals surface area contributed by atoms with Gasteiger partial charge >= 0.3 is 0 Å². The summed E-state index contributed by atoms with van der Waals surface area (Å²) < 4.78 is 26.3. The van der Waals surface area contributed by atoms with Crippen molar-refractivity contribution in [2.24, 2.45) is 5.92 Å². The van der Waals surface area contributed by atoms with Gasteiger partial charge in [0.15, 0.2) is 0 Å². The first-order valence-electron chi connectivity index (χ1n) is 6.55. The van der Waals surface area contributed by atoms with Gasteiger partial charge in [0.2, 0.25) is 10.0 Å². The molecule has 1 aromatic rings. The summed E-state index contributed by atoms with van der Waals surface area (Å²) in [5, 5.41) is 0. The highest BCUT2D eigenvalue weighted by molar-refractivity contribution is 7.89. The van der Waals surface area contributed by atoms with Crippen LogP contribution in [-0.2, 0) is 10.0 Å². The van der Waals surface area contributed by atoms with Crippen LogP contribution in [0.2, 0.25) is 0 Å². The Hall–Kier alpha value is -1.57. The largest absolute Gasteiger partial charge is 0.244 e. The highest BCUT2D eigenvalue weighted by Crippen LogP contribution is 2.16. The average molecular weight is 291 g/mol. The van der Waals surface area contributed by atoms with E-state index >= 15 is 0 Å². The number of benzene rings is 1. The summed E-state index contributed by atoms with van der Waals surface area (Å²) in [5.74, 6) is 2.79. The molecule has 0 unspecified atom stereocenters. The third-order valence-electron chi connectivity index (χ3n) is 2.76. The molecule has 0 fully saturated rings. The molecular formula is C16H21NO2S. The van der Waals surface area contributed by atoms with Gasteiger partial charge in [0.1, 0.15) is 0 Å². The number of hydrogen-bond donors (Lipinski definition) is 0. The van der Waals surface area contributed by atoms with E-state index in [9.17, 15) is 8.42 Å². The summed E-state index contributed by atoms with van der Waals surface area (Å²) in [7, 11) is -3.54. The van der Waals surface area contributed by atoms with Crippen molar-refractivity contribution in [1.82, 2.24) is 4.31 Å². The lowest BCUT2D eigenvalue weighted by molar-refractivity contribution is 0.477. The van der Waals surface area contributed by atoms with E-state index in [4.69, 9.17) is 6.42 Å². The van der Waals surface area contributed by atoms with Crippen molar-refractivity contribution in [3.05, 3.63) is 42.0 Å². The van der Waals surface area contributed by atoms with Gasteiger partial charge < -0.3 is 0 Å². The highest BCUT2D eigenvalue weighted by atomic mass is 32.2. The Balaban J connectivity index is 3.00. The summed E-state index contributed by atoms with van der Waals surface area (Å²) in [6.45, 7) is 6.35. The minimum atomic E-state index is -3.54. The summed E-state index contributed by atoms with van der Waals surface area (Å²) in [6.07, 6.45) is 9.09. The van der Waals surface area contributed by atoms with Gasteiger partial charge in [-0.3, -0.25) is 0 Å². The molecule has 0 aliphatic rings. The second-order valence-electron chi connectivity index (χ2n) is 4.99. The molecule has 0 radical (unpaired) electrons. The molecule has 20 heavy (non-hydrogen) atoms. The Morgan fingerprint density at radius 2 is 1.90 bits per heavy atom. The van der Waals surface area contributed by atoms with E-state index in [1.807, 2.05) is 32.9 Å². The summed E-state index contributed by atoms with van der Waals surface area (Å²) in [6, 6.07) is 6.79. The first-order chi connectivity index (χ1) is 9.37. The molecule has 0 aliphatic carbocycles. The van der Waals surface area contributed by atoms with Crippen molar-refractivity contribution in [1.29, 1.82) is 0 Å². The first-order valence-corrected chi connectivity index (χ1v) is 7.99. The molecule has 0 bridgehead atoms. The van der Waals surface area contributed by atoms with E-state index in [1.165, 1.54) is 4.31 Å². The molecule has 0 atom stereocenters. The van der Waals surface area contributed by atoms with E-state index in [1.54, 1.807) is 24.3 Å². The summed E-state index contributed by atoms with van der Waals surface area (Å²) in [5.41, 5.74) is 1.02. The second-order valence-corrected chi connectivity index (χ2v) is 6.92. The zero-order chi connectivity index (χ0) is 15.2. The molecule has 0 spiro atoms. The number of aryl methyl sites for hydroxylation is 1. The van der Waals surface area contributed by atoms with Crippen LogP contribution in [0.4, 0.5) is 0 Å². The van der Waals surface area contributed by atoms with Crippen LogP contribution < -0.4 is 0 Å². The standard InChI is InChI=1S/C16H21NO2S/c1-5-12-17(13-6-7-14(2)3)20(18,19)16-10-8-15(4)9-11-16/h1,6-11,14H,12-13H2,2-4H3/b7-6+. The van der Waals surface area contributed by atoms with Crippen molar-refractivity contribution in [3.63, 3.8) is 0 Å². The number of sulfonamides is 1. The molecule has 0 saturated carbocycles. The maximum absolute atomic E-state index is 12.5. The zero-order valence-electron chi connectivity index (χ0n) is 12.2. The average Bonchev–Trinajstić information content (AvgIpc) is 2.38. The van der Waals surface area contributed by atoms with Gasteiger partial charge in [-0.1, -0.05) is 49.6 Å². The van der Waals surface area contributed by atoms with Gasteiger partial charge in [0.05, 0.1) is 11.4 Å². The maximum Gasteiger partial charge on any atom is 0.244 e. The minimum absolute atomic E-state index is 0.0681. The third-order valence-corrected chi connectivity index (χ3v) is 4.58. The lowest BCUT2D eigenvalue weighted by atomic mass is 10.2. The highest BCUT2D eigenvalue weighted by Gasteiger charge is 2.22. The van der Waals surface area contributed by atoms with Crippen molar-refractivity contribution >= 4 is 10.0 Å². The van der Waals surface area contributed by atoms with Gasteiger partial charge in [-0.15, -0.1) is 6.42 Å². The topological polar surface area (TPSA) is 37.4 Å². The fourth-order valence-corrected chi connectivity index (χ4v) is 2.96. The summed E-state index contributed by atoms with van der Waals surface area (Å²) in [4.78, 5) is 0.274. The van der Waals surface area contributed by atoms with Crippen LogP contribution in [-0.4, -0.2) is 25.8 Å². The third kappa shape index (κ3) is 4.52. The van der Waals surface area contributed by atoms with E-state index in [2.05, 4.69) is 5.92 Å². The SMILES string of the molecule is C#CCN(C/C=C/C(C)C)S(=O)(=O)c1ccc(C)cc1. The van der Waals surface area contributed by atoms with Gasteiger partial charge in [0.25, 0.3) is 0 Å². The van der Waals surface area contributed by atoms with Crippen LogP contribution in [0.5, 0.6) is 0 Å². The quantitative estimate of drug-likeness (QED) is 0.597. The number of allylic oxidation sites excluding steroid dienone is 1. The minimum Gasteiger partial charge on any atom is -0.207 e. The smallest absolute Gasteiger partial charge is 0.207 e. The van der Waals surface area contributed by atoms with Crippen LogP contribution in [0.3, 0.4) is 0 Å². The molecule has 0 aromatic heterocycles. The molecule has 1 rings (SSSR count). The summed E-state index contributed by atoms with van der Waals surface area (Å²) >= 11 is 0. The van der Waals surface area contributed by atoms with Gasteiger partial charge in [-0.05, 0) is 25.0 Å². The molecule has 108 valence electrons. The van der Waals surface area contributed by atoms with Gasteiger partial charge in [-0.25, -0.2) is 8.42 Å². The number of hydrogen-bond acceptors (Lipinski definition) is 2. The predicted molar refractivity (Wildman–Crippen MR) is 82.7 cm³/mol. The van der Waals surface area contributed by atoms with Crippen LogP contribution >= 0.6 is 0 Å². The van der Waals surface area contributed by atoms with Gasteiger partial charge in [-0.2, -0.15) is 4.31 Å². The van der Waals surface area contributed by atoms with E-state index in [-0.39, 0.29) is 11.4 Å². The molecular weight excluding hydrogens is 270 g/mol. The van der Waals surface area contributed by atoms with Crippen LogP contribution in [0.25, 0.3) is 0 Å². The first kappa shape index (κ1) is 16.5. The fraction of sp³-hybridized carbons (Fsp3) is 0.375. The molecule has 0 N–H and O–H groups in total. The fourth-order valence-electron chi connectivity index (χ4n) is 1.66. The van der Waals surface area contributed by atoms with Crippen LogP contribution in [0.15, 0.2) is 41.3 Å². The Kier molecular flexibility index (Phi) is 6.00.